The maximum absolute atomic E-state index is 4.51. The van der Waals surface area contributed by atoms with Crippen LogP contribution in [0.3, 0.4) is 0 Å². The highest BCUT2D eigenvalue weighted by Crippen LogP contribution is 2.29. The summed E-state index contributed by atoms with van der Waals surface area (Å²) < 4.78 is 0. The van der Waals surface area contributed by atoms with Crippen molar-refractivity contribution in [3.05, 3.63) is 11.9 Å². The quantitative estimate of drug-likeness (QED) is 0.778. The Kier molecular flexibility index (Phi) is 4.79. The van der Waals surface area contributed by atoms with Gasteiger partial charge in [0.1, 0.15) is 17.5 Å². The lowest BCUT2D eigenvalue weighted by atomic mass is 9.83. The summed E-state index contributed by atoms with van der Waals surface area (Å²) in [6, 6.07) is 2.00. The van der Waals surface area contributed by atoms with Gasteiger partial charge in [-0.1, -0.05) is 26.2 Å². The van der Waals surface area contributed by atoms with Gasteiger partial charge in [-0.3, -0.25) is 0 Å². The van der Waals surface area contributed by atoms with Crippen molar-refractivity contribution >= 4 is 11.6 Å². The van der Waals surface area contributed by atoms with E-state index in [0.29, 0.717) is 0 Å². The van der Waals surface area contributed by atoms with E-state index in [-0.39, 0.29) is 0 Å². The molecule has 4 nitrogen and oxygen atoms in total. The van der Waals surface area contributed by atoms with Gasteiger partial charge in [0.05, 0.1) is 0 Å². The Morgan fingerprint density at radius 3 is 2.44 bits per heavy atom. The summed E-state index contributed by atoms with van der Waals surface area (Å²) in [5, 5.41) is 6.68. The van der Waals surface area contributed by atoms with Gasteiger partial charge in [-0.2, -0.15) is 0 Å². The number of rotatable bonds is 7. The third kappa shape index (κ3) is 3.59. The van der Waals surface area contributed by atoms with Crippen LogP contribution in [0.15, 0.2) is 6.07 Å². The van der Waals surface area contributed by atoms with Crippen molar-refractivity contribution in [3.8, 4) is 0 Å². The summed E-state index contributed by atoms with van der Waals surface area (Å²) in [5.41, 5.74) is 0. The fourth-order valence-electron chi connectivity index (χ4n) is 2.20. The molecular formula is C14H24N4. The minimum atomic E-state index is 0.872. The van der Waals surface area contributed by atoms with Crippen molar-refractivity contribution in [2.45, 2.75) is 46.0 Å². The first-order valence-corrected chi connectivity index (χ1v) is 7.17. The minimum absolute atomic E-state index is 0.872. The van der Waals surface area contributed by atoms with Crippen LogP contribution in [0, 0.1) is 5.92 Å². The smallest absolute Gasteiger partial charge is 0.132 e. The zero-order valence-electron chi connectivity index (χ0n) is 11.5. The molecule has 1 fully saturated rings. The molecule has 100 valence electrons. The van der Waals surface area contributed by atoms with E-state index in [0.717, 1.165) is 42.9 Å². The monoisotopic (exact) mass is 248 g/mol. The van der Waals surface area contributed by atoms with Crippen LogP contribution in [-0.4, -0.2) is 23.1 Å². The fraction of sp³-hybridized carbons (Fsp3) is 0.714. The zero-order chi connectivity index (χ0) is 12.8. The second-order valence-corrected chi connectivity index (χ2v) is 4.95. The molecule has 0 saturated heterocycles. The first kappa shape index (κ1) is 13.1. The van der Waals surface area contributed by atoms with Crippen molar-refractivity contribution < 1.29 is 0 Å². The van der Waals surface area contributed by atoms with Crippen molar-refractivity contribution in [2.75, 3.05) is 23.7 Å². The van der Waals surface area contributed by atoms with Gasteiger partial charge in [0.2, 0.25) is 0 Å². The molecule has 0 aliphatic heterocycles. The van der Waals surface area contributed by atoms with E-state index in [1.54, 1.807) is 0 Å². The lowest BCUT2D eigenvalue weighted by molar-refractivity contribution is 0.303. The topological polar surface area (TPSA) is 49.8 Å². The van der Waals surface area contributed by atoms with Crippen LogP contribution in [0.4, 0.5) is 11.6 Å². The average molecular weight is 248 g/mol. The Balaban J connectivity index is 1.90. The van der Waals surface area contributed by atoms with Gasteiger partial charge in [-0.15, -0.1) is 0 Å². The van der Waals surface area contributed by atoms with Gasteiger partial charge < -0.3 is 10.6 Å². The van der Waals surface area contributed by atoms with Crippen LogP contribution in [0.25, 0.3) is 0 Å². The van der Waals surface area contributed by atoms with Gasteiger partial charge in [-0.25, -0.2) is 9.97 Å². The lowest BCUT2D eigenvalue weighted by Crippen LogP contribution is -2.16. The van der Waals surface area contributed by atoms with Gasteiger partial charge >= 0.3 is 0 Å². The lowest BCUT2D eigenvalue weighted by Gasteiger charge is -2.25. The van der Waals surface area contributed by atoms with E-state index in [9.17, 15) is 0 Å². The highest BCUT2D eigenvalue weighted by Gasteiger charge is 2.16. The number of hydrogen-bond acceptors (Lipinski definition) is 4. The molecule has 1 aliphatic carbocycles. The van der Waals surface area contributed by atoms with Crippen molar-refractivity contribution in [2.24, 2.45) is 5.92 Å². The Morgan fingerprint density at radius 2 is 1.89 bits per heavy atom. The maximum atomic E-state index is 4.51. The molecule has 4 heteroatoms. The third-order valence-corrected chi connectivity index (χ3v) is 3.53. The van der Waals surface area contributed by atoms with E-state index < -0.39 is 0 Å². The van der Waals surface area contributed by atoms with Gasteiger partial charge in [-0.05, 0) is 19.3 Å². The molecular weight excluding hydrogens is 224 g/mol. The molecule has 1 aliphatic rings. The normalized spacial score (nSPS) is 15.2. The Hall–Kier alpha value is -1.32. The number of aryl methyl sites for hydroxylation is 1. The Labute approximate surface area is 110 Å². The molecule has 0 bridgehead atoms. The molecule has 1 heterocycles. The van der Waals surface area contributed by atoms with Gasteiger partial charge in [0, 0.05) is 25.6 Å². The number of nitrogens with one attached hydrogen (secondary N) is 2. The summed E-state index contributed by atoms with van der Waals surface area (Å²) in [4.78, 5) is 8.96. The summed E-state index contributed by atoms with van der Waals surface area (Å²) in [6.45, 7) is 6.08. The van der Waals surface area contributed by atoms with Crippen LogP contribution < -0.4 is 10.6 Å². The van der Waals surface area contributed by atoms with E-state index in [4.69, 9.17) is 0 Å². The molecule has 0 aromatic carbocycles. The summed E-state index contributed by atoms with van der Waals surface area (Å²) in [7, 11) is 0. The predicted octanol–water partition coefficient (Wildman–Crippen LogP) is 3.07. The second-order valence-electron chi connectivity index (χ2n) is 4.95. The average Bonchev–Trinajstić information content (AvgIpc) is 2.32. The Morgan fingerprint density at radius 1 is 1.17 bits per heavy atom. The van der Waals surface area contributed by atoms with Crippen LogP contribution in [0.5, 0.6) is 0 Å². The molecule has 0 radical (unpaired) electrons. The molecule has 18 heavy (non-hydrogen) atoms. The van der Waals surface area contributed by atoms with Crippen molar-refractivity contribution in [1.82, 2.24) is 9.97 Å². The Bertz CT molecular complexity index is 374. The number of anilines is 2. The predicted molar refractivity (Wildman–Crippen MR) is 76.0 cm³/mol. The SMILES string of the molecule is CCNc1cc(NCCC2CCC2)nc(CC)n1. The molecule has 0 amide bonds. The molecule has 1 saturated carbocycles. The van der Waals surface area contributed by atoms with Crippen molar-refractivity contribution in [3.63, 3.8) is 0 Å². The van der Waals surface area contributed by atoms with Crippen LogP contribution >= 0.6 is 0 Å². The van der Waals surface area contributed by atoms with Gasteiger partial charge in [0.15, 0.2) is 0 Å². The first-order valence-electron chi connectivity index (χ1n) is 7.17. The highest BCUT2D eigenvalue weighted by atomic mass is 15.1. The molecule has 0 spiro atoms. The standard InChI is InChI=1S/C14H24N4/c1-3-12-17-13(15-4-2)10-14(18-12)16-9-8-11-6-5-7-11/h10-11H,3-9H2,1-2H3,(H2,15,16,17,18). The minimum Gasteiger partial charge on any atom is -0.370 e. The fourth-order valence-corrected chi connectivity index (χ4v) is 2.20. The second kappa shape index (κ2) is 6.57. The third-order valence-electron chi connectivity index (χ3n) is 3.53. The van der Waals surface area contributed by atoms with Crippen LogP contribution in [0.2, 0.25) is 0 Å². The molecule has 1 aromatic rings. The zero-order valence-corrected chi connectivity index (χ0v) is 11.5. The molecule has 1 aromatic heterocycles. The number of hydrogen-bond donors (Lipinski definition) is 2. The number of nitrogens with zero attached hydrogens (tertiary/aromatic N) is 2. The summed E-state index contributed by atoms with van der Waals surface area (Å²) in [5.74, 6) is 3.73. The van der Waals surface area contributed by atoms with E-state index in [1.807, 2.05) is 6.07 Å². The first-order chi connectivity index (χ1) is 8.81. The maximum Gasteiger partial charge on any atom is 0.132 e. The van der Waals surface area contributed by atoms with E-state index in [1.165, 1.54) is 25.7 Å². The summed E-state index contributed by atoms with van der Waals surface area (Å²) in [6.07, 6.45) is 6.38. The van der Waals surface area contributed by atoms with E-state index in [2.05, 4.69) is 34.4 Å². The van der Waals surface area contributed by atoms with Gasteiger partial charge in [0.25, 0.3) is 0 Å². The summed E-state index contributed by atoms with van der Waals surface area (Å²) >= 11 is 0. The van der Waals surface area contributed by atoms with Crippen LogP contribution in [-0.2, 0) is 6.42 Å². The van der Waals surface area contributed by atoms with Crippen LogP contribution in [0.1, 0.15) is 45.4 Å². The van der Waals surface area contributed by atoms with Crippen molar-refractivity contribution in [1.29, 1.82) is 0 Å². The molecule has 2 rings (SSSR count). The largest absolute Gasteiger partial charge is 0.370 e. The molecule has 0 unspecified atom stereocenters. The highest BCUT2D eigenvalue weighted by molar-refractivity contribution is 5.47. The molecule has 0 atom stereocenters. The van der Waals surface area contributed by atoms with E-state index >= 15 is 0 Å². The molecule has 2 N–H and O–H groups in total. The number of aromatic nitrogens is 2.